The Bertz CT molecular complexity index is 729. The summed E-state index contributed by atoms with van der Waals surface area (Å²) in [6.07, 6.45) is -0.285. The summed E-state index contributed by atoms with van der Waals surface area (Å²) in [6, 6.07) is 11.0. The molecule has 0 aliphatic carbocycles. The third-order valence-corrected chi connectivity index (χ3v) is 3.82. The summed E-state index contributed by atoms with van der Waals surface area (Å²) in [6.45, 7) is 1.99. The van der Waals surface area contributed by atoms with Crippen molar-refractivity contribution in [2.24, 2.45) is 0 Å². The molecule has 0 radical (unpaired) electrons. The average Bonchev–Trinajstić information content (AvgIpc) is 2.49. The molecular formula is C17H16NNaO3S. The number of carbonyl (C=O) groups is 1. The number of ether oxygens (including phenoxy) is 1. The van der Waals surface area contributed by atoms with Crippen LogP contribution in [0.25, 0.3) is 0 Å². The van der Waals surface area contributed by atoms with Gasteiger partial charge in [0.2, 0.25) is 0 Å². The number of nitrogens with two attached hydrogens (primary N) is 1. The molecule has 0 aromatic heterocycles. The number of carbonyl (C=O) groups excluding carboxylic acids is 1. The Morgan fingerprint density at radius 2 is 1.87 bits per heavy atom. The van der Waals surface area contributed by atoms with Gasteiger partial charge in [-0.1, -0.05) is 42.0 Å². The second-order valence-corrected chi connectivity index (χ2v) is 5.40. The second kappa shape index (κ2) is 8.45. The van der Waals surface area contributed by atoms with E-state index in [1.807, 2.05) is 31.2 Å². The second-order valence-electron chi connectivity index (χ2n) is 4.99. The molecule has 2 rings (SSSR count). The first-order valence-electron chi connectivity index (χ1n) is 6.70. The molecule has 0 atom stereocenters. The number of benzene rings is 2. The predicted molar refractivity (Wildman–Crippen MR) is 88.1 cm³/mol. The first-order valence-corrected chi connectivity index (χ1v) is 7.10. The fraction of sp³-hybridized carbons (Fsp3) is 0.176. The van der Waals surface area contributed by atoms with Crippen LogP contribution in [-0.2, 0) is 11.2 Å². The Morgan fingerprint density at radius 3 is 2.39 bits per heavy atom. The summed E-state index contributed by atoms with van der Waals surface area (Å²) in [5.41, 5.74) is 9.43. The number of anilines is 1. The van der Waals surface area contributed by atoms with Gasteiger partial charge in [0.05, 0.1) is 12.0 Å². The van der Waals surface area contributed by atoms with Crippen molar-refractivity contribution in [3.63, 3.8) is 0 Å². The van der Waals surface area contributed by atoms with Gasteiger partial charge in [-0.3, -0.25) is 0 Å². The summed E-state index contributed by atoms with van der Waals surface area (Å²) in [5, 5.41) is 10.9. The molecule has 0 fully saturated rings. The maximum atomic E-state index is 10.9. The van der Waals surface area contributed by atoms with Crippen molar-refractivity contribution in [2.75, 3.05) is 12.8 Å². The van der Waals surface area contributed by atoms with Crippen LogP contribution in [0.2, 0.25) is 0 Å². The van der Waals surface area contributed by atoms with Crippen molar-refractivity contribution in [1.82, 2.24) is 0 Å². The molecule has 0 aliphatic heterocycles. The molecule has 0 spiro atoms. The van der Waals surface area contributed by atoms with Crippen LogP contribution in [-0.4, -0.2) is 17.9 Å². The Kier molecular flexibility index (Phi) is 7.22. The number of carboxylic acids is 1. The molecule has 0 unspecified atom stereocenters. The molecule has 4 nitrogen and oxygen atoms in total. The van der Waals surface area contributed by atoms with E-state index >= 15 is 0 Å². The maximum Gasteiger partial charge on any atom is 1.00 e. The molecule has 2 N–H and O–H groups in total. The van der Waals surface area contributed by atoms with E-state index in [0.717, 1.165) is 11.1 Å². The van der Waals surface area contributed by atoms with E-state index in [9.17, 15) is 9.90 Å². The Morgan fingerprint density at radius 1 is 1.26 bits per heavy atom. The van der Waals surface area contributed by atoms with Crippen LogP contribution >= 0.6 is 12.2 Å². The van der Waals surface area contributed by atoms with Crippen molar-refractivity contribution in [3.8, 4) is 5.75 Å². The van der Waals surface area contributed by atoms with E-state index < -0.39 is 5.97 Å². The summed E-state index contributed by atoms with van der Waals surface area (Å²) < 4.78 is 5.21. The minimum absolute atomic E-state index is 0. The quantitative estimate of drug-likeness (QED) is 0.316. The van der Waals surface area contributed by atoms with E-state index in [1.165, 1.54) is 7.11 Å². The summed E-state index contributed by atoms with van der Waals surface area (Å²) in [5.74, 6) is -0.693. The molecule has 23 heavy (non-hydrogen) atoms. The number of aliphatic carboxylic acids is 1. The number of hydrogen-bond acceptors (Lipinski definition) is 5. The van der Waals surface area contributed by atoms with Gasteiger partial charge in [-0.25, -0.2) is 0 Å². The van der Waals surface area contributed by atoms with Gasteiger partial charge in [0, 0.05) is 23.6 Å². The van der Waals surface area contributed by atoms with Crippen LogP contribution in [0.4, 0.5) is 5.69 Å². The van der Waals surface area contributed by atoms with Crippen molar-refractivity contribution in [1.29, 1.82) is 0 Å². The van der Waals surface area contributed by atoms with Crippen LogP contribution in [0.3, 0.4) is 0 Å². The monoisotopic (exact) mass is 337 g/mol. The third kappa shape index (κ3) is 4.78. The zero-order valence-corrected chi connectivity index (χ0v) is 16.2. The van der Waals surface area contributed by atoms with Crippen LogP contribution in [0, 0.1) is 6.92 Å². The summed E-state index contributed by atoms with van der Waals surface area (Å²) in [7, 11) is 1.51. The van der Waals surface area contributed by atoms with Gasteiger partial charge in [-0.15, -0.1) is 0 Å². The van der Waals surface area contributed by atoms with Crippen molar-refractivity contribution in [3.05, 3.63) is 58.7 Å². The SMILES string of the molecule is COc1cc(CC(=O)[O-])c(N)c(C(=S)c2ccc(C)cc2)c1.[Na+]. The topological polar surface area (TPSA) is 75.4 Å². The molecule has 0 saturated carbocycles. The first kappa shape index (κ1) is 19.6. The van der Waals surface area contributed by atoms with E-state index in [0.29, 0.717) is 27.4 Å². The van der Waals surface area contributed by atoms with Gasteiger partial charge in [-0.05, 0) is 30.2 Å². The van der Waals surface area contributed by atoms with Gasteiger partial charge in [-0.2, -0.15) is 0 Å². The standard InChI is InChI=1S/C17H17NO3S.Na/c1-10-3-5-11(6-4-10)17(22)14-9-13(21-2)7-12(16(14)18)8-15(19)20;/h3-7,9H,8,18H2,1-2H3,(H,19,20);/q;+1/p-1. The fourth-order valence-corrected chi connectivity index (χ4v) is 2.46. The number of carboxylic acid groups (broad SMARTS) is 1. The van der Waals surface area contributed by atoms with E-state index in [1.54, 1.807) is 12.1 Å². The maximum absolute atomic E-state index is 10.9. The number of methoxy groups -OCH3 is 1. The smallest absolute Gasteiger partial charge is 0.550 e. The molecule has 0 heterocycles. The minimum Gasteiger partial charge on any atom is -0.550 e. The van der Waals surface area contributed by atoms with Crippen molar-refractivity contribution >= 4 is 28.7 Å². The molecule has 114 valence electrons. The largest absolute Gasteiger partial charge is 1.00 e. The van der Waals surface area contributed by atoms with Crippen LogP contribution < -0.4 is 45.1 Å². The molecule has 2 aromatic rings. The number of hydrogen-bond donors (Lipinski definition) is 1. The normalized spacial score (nSPS) is 9.83. The number of nitrogen functional groups attached to an aromatic ring is 1. The third-order valence-electron chi connectivity index (χ3n) is 3.37. The molecule has 0 saturated heterocycles. The van der Waals surface area contributed by atoms with Gasteiger partial charge >= 0.3 is 29.6 Å². The van der Waals surface area contributed by atoms with E-state index in [2.05, 4.69) is 0 Å². The minimum atomic E-state index is -1.20. The average molecular weight is 337 g/mol. The Hall–Kier alpha value is -1.40. The molecule has 2 aromatic carbocycles. The van der Waals surface area contributed by atoms with E-state index in [-0.39, 0.29) is 36.0 Å². The number of rotatable bonds is 5. The van der Waals surface area contributed by atoms with Crippen LogP contribution in [0.5, 0.6) is 5.75 Å². The van der Waals surface area contributed by atoms with Crippen molar-refractivity contribution < 1.29 is 44.2 Å². The molecular weight excluding hydrogens is 321 g/mol. The fourth-order valence-electron chi connectivity index (χ4n) is 2.15. The van der Waals surface area contributed by atoms with Gasteiger partial charge in [0.15, 0.2) is 0 Å². The Labute approximate surface area is 162 Å². The summed E-state index contributed by atoms with van der Waals surface area (Å²) >= 11 is 5.50. The predicted octanol–water partition coefficient (Wildman–Crippen LogP) is -1.35. The number of aryl methyl sites for hydroxylation is 1. The van der Waals surface area contributed by atoms with Gasteiger partial charge < -0.3 is 20.4 Å². The van der Waals surface area contributed by atoms with E-state index in [4.69, 9.17) is 22.7 Å². The zero-order chi connectivity index (χ0) is 16.3. The van der Waals surface area contributed by atoms with Crippen LogP contribution in [0.1, 0.15) is 22.3 Å². The molecule has 6 heteroatoms. The Balaban J connectivity index is 0.00000264. The van der Waals surface area contributed by atoms with Crippen LogP contribution in [0.15, 0.2) is 36.4 Å². The molecule has 0 aliphatic rings. The number of thiocarbonyl (C=S) groups is 1. The molecule has 0 amide bonds. The van der Waals surface area contributed by atoms with Crippen molar-refractivity contribution in [2.45, 2.75) is 13.3 Å². The summed E-state index contributed by atoms with van der Waals surface area (Å²) in [4.78, 5) is 11.4. The first-order chi connectivity index (χ1) is 10.4. The van der Waals surface area contributed by atoms with Gasteiger partial charge in [0.1, 0.15) is 5.75 Å². The zero-order valence-electron chi connectivity index (χ0n) is 13.4. The molecule has 0 bridgehead atoms. The van der Waals surface area contributed by atoms with Gasteiger partial charge in [0.25, 0.3) is 0 Å².